The SMILES string of the molecule is C=C/C(C)=C(/C)C(=O)O. The van der Waals surface area contributed by atoms with Crippen LogP contribution in [0, 0.1) is 0 Å². The van der Waals surface area contributed by atoms with Gasteiger partial charge in [-0.05, 0) is 19.4 Å². The lowest BCUT2D eigenvalue weighted by Crippen LogP contribution is -1.97. The number of rotatable bonds is 2. The quantitative estimate of drug-likeness (QED) is 0.450. The fraction of sp³-hybridized carbons (Fsp3) is 0.286. The lowest BCUT2D eigenvalue weighted by atomic mass is 10.1. The smallest absolute Gasteiger partial charge is 0.331 e. The number of hydrogen-bond acceptors (Lipinski definition) is 1. The van der Waals surface area contributed by atoms with Gasteiger partial charge in [0.1, 0.15) is 0 Å². The van der Waals surface area contributed by atoms with Crippen LogP contribution in [-0.4, -0.2) is 11.1 Å². The largest absolute Gasteiger partial charge is 0.478 e. The van der Waals surface area contributed by atoms with Crippen molar-refractivity contribution in [3.05, 3.63) is 23.8 Å². The summed E-state index contributed by atoms with van der Waals surface area (Å²) in [6, 6.07) is 0. The van der Waals surface area contributed by atoms with Gasteiger partial charge in [0, 0.05) is 5.57 Å². The van der Waals surface area contributed by atoms with Crippen LogP contribution in [0.15, 0.2) is 23.8 Å². The summed E-state index contributed by atoms with van der Waals surface area (Å²) in [5, 5.41) is 8.38. The highest BCUT2D eigenvalue weighted by Gasteiger charge is 2.00. The van der Waals surface area contributed by atoms with Gasteiger partial charge >= 0.3 is 5.97 Å². The van der Waals surface area contributed by atoms with E-state index < -0.39 is 5.97 Å². The van der Waals surface area contributed by atoms with E-state index in [1.807, 2.05) is 0 Å². The zero-order valence-electron chi connectivity index (χ0n) is 5.64. The van der Waals surface area contributed by atoms with Crippen LogP contribution in [0.4, 0.5) is 0 Å². The molecule has 50 valence electrons. The van der Waals surface area contributed by atoms with Gasteiger partial charge in [-0.15, -0.1) is 0 Å². The first-order valence-corrected chi connectivity index (χ1v) is 2.62. The molecular weight excluding hydrogens is 116 g/mol. The van der Waals surface area contributed by atoms with Crippen molar-refractivity contribution in [3.63, 3.8) is 0 Å². The average molecular weight is 126 g/mol. The highest BCUT2D eigenvalue weighted by atomic mass is 16.4. The third-order valence-electron chi connectivity index (χ3n) is 1.22. The predicted molar refractivity (Wildman–Crippen MR) is 36.2 cm³/mol. The Bertz CT molecular complexity index is 166. The van der Waals surface area contributed by atoms with E-state index in [1.54, 1.807) is 13.8 Å². The summed E-state index contributed by atoms with van der Waals surface area (Å²) < 4.78 is 0. The number of carboxylic acid groups (broad SMARTS) is 1. The summed E-state index contributed by atoms with van der Waals surface area (Å²) in [5.74, 6) is -0.882. The Labute approximate surface area is 54.5 Å². The van der Waals surface area contributed by atoms with Crippen molar-refractivity contribution in [2.24, 2.45) is 0 Å². The second-order valence-electron chi connectivity index (χ2n) is 1.82. The van der Waals surface area contributed by atoms with Gasteiger partial charge in [-0.3, -0.25) is 0 Å². The Morgan fingerprint density at radius 3 is 2.11 bits per heavy atom. The van der Waals surface area contributed by atoms with Gasteiger partial charge in [-0.1, -0.05) is 12.7 Å². The van der Waals surface area contributed by atoms with Gasteiger partial charge in [-0.25, -0.2) is 4.79 Å². The molecule has 0 aromatic rings. The molecule has 0 atom stereocenters. The van der Waals surface area contributed by atoms with Crippen LogP contribution in [0.5, 0.6) is 0 Å². The third-order valence-corrected chi connectivity index (χ3v) is 1.22. The maximum absolute atomic E-state index is 10.2. The molecule has 0 fully saturated rings. The molecule has 9 heavy (non-hydrogen) atoms. The molecule has 0 aliphatic heterocycles. The van der Waals surface area contributed by atoms with Crippen molar-refractivity contribution >= 4 is 5.97 Å². The second-order valence-corrected chi connectivity index (χ2v) is 1.82. The Hall–Kier alpha value is -1.05. The maximum atomic E-state index is 10.2. The van der Waals surface area contributed by atoms with E-state index in [2.05, 4.69) is 6.58 Å². The first-order chi connectivity index (χ1) is 4.09. The van der Waals surface area contributed by atoms with Crippen LogP contribution in [0.1, 0.15) is 13.8 Å². The van der Waals surface area contributed by atoms with E-state index in [9.17, 15) is 4.79 Å². The van der Waals surface area contributed by atoms with Gasteiger partial charge in [0.2, 0.25) is 0 Å². The molecular formula is C7H10O2. The molecule has 0 saturated heterocycles. The van der Waals surface area contributed by atoms with Crippen LogP contribution in [0.3, 0.4) is 0 Å². The molecule has 0 aliphatic carbocycles. The molecule has 0 aromatic heterocycles. The molecule has 0 rings (SSSR count). The van der Waals surface area contributed by atoms with Gasteiger partial charge in [0.15, 0.2) is 0 Å². The molecule has 0 spiro atoms. The molecule has 1 N–H and O–H groups in total. The van der Waals surface area contributed by atoms with Crippen molar-refractivity contribution in [1.82, 2.24) is 0 Å². The first kappa shape index (κ1) is 7.95. The molecule has 0 unspecified atom stereocenters. The van der Waals surface area contributed by atoms with Crippen molar-refractivity contribution in [2.45, 2.75) is 13.8 Å². The standard InChI is InChI=1S/C7H10O2/c1-4-5(2)6(3)7(8)9/h4H,1H2,2-3H3,(H,8,9)/b6-5-. The minimum Gasteiger partial charge on any atom is -0.478 e. The van der Waals surface area contributed by atoms with E-state index in [0.717, 1.165) is 0 Å². The minimum atomic E-state index is -0.882. The number of carbonyl (C=O) groups is 1. The van der Waals surface area contributed by atoms with Crippen molar-refractivity contribution < 1.29 is 9.90 Å². The van der Waals surface area contributed by atoms with E-state index >= 15 is 0 Å². The van der Waals surface area contributed by atoms with Crippen LogP contribution in [-0.2, 0) is 4.79 Å². The van der Waals surface area contributed by atoms with Crippen LogP contribution in [0.2, 0.25) is 0 Å². The molecule has 0 heterocycles. The highest BCUT2D eigenvalue weighted by molar-refractivity contribution is 5.87. The summed E-state index contributed by atoms with van der Waals surface area (Å²) in [4.78, 5) is 10.2. The van der Waals surface area contributed by atoms with Crippen molar-refractivity contribution in [1.29, 1.82) is 0 Å². The maximum Gasteiger partial charge on any atom is 0.331 e. The summed E-state index contributed by atoms with van der Waals surface area (Å²) in [7, 11) is 0. The average Bonchev–Trinajstić information content (AvgIpc) is 1.84. The number of hydrogen-bond donors (Lipinski definition) is 1. The number of allylic oxidation sites excluding steroid dienone is 2. The van der Waals surface area contributed by atoms with Gasteiger partial charge in [0.05, 0.1) is 0 Å². The zero-order valence-corrected chi connectivity index (χ0v) is 5.64. The Morgan fingerprint density at radius 2 is 2.00 bits per heavy atom. The van der Waals surface area contributed by atoms with Crippen molar-refractivity contribution in [3.8, 4) is 0 Å². The molecule has 0 radical (unpaired) electrons. The van der Waals surface area contributed by atoms with Crippen molar-refractivity contribution in [2.75, 3.05) is 0 Å². The van der Waals surface area contributed by atoms with Gasteiger partial charge in [0.25, 0.3) is 0 Å². The van der Waals surface area contributed by atoms with E-state index in [0.29, 0.717) is 11.1 Å². The predicted octanol–water partition coefficient (Wildman–Crippen LogP) is 1.59. The normalized spacial score (nSPS) is 12.2. The van der Waals surface area contributed by atoms with Gasteiger partial charge < -0.3 is 5.11 Å². The molecule has 0 amide bonds. The molecule has 2 nitrogen and oxygen atoms in total. The lowest BCUT2D eigenvalue weighted by Gasteiger charge is -1.94. The minimum absolute atomic E-state index is 0.352. The summed E-state index contributed by atoms with van der Waals surface area (Å²) in [5.41, 5.74) is 1.06. The van der Waals surface area contributed by atoms with E-state index in [-0.39, 0.29) is 0 Å². The van der Waals surface area contributed by atoms with Crippen LogP contribution >= 0.6 is 0 Å². The molecule has 2 heteroatoms. The van der Waals surface area contributed by atoms with Crippen LogP contribution < -0.4 is 0 Å². The zero-order chi connectivity index (χ0) is 7.44. The number of aliphatic carboxylic acids is 1. The summed E-state index contributed by atoms with van der Waals surface area (Å²) in [6.45, 7) is 6.72. The molecule has 0 saturated carbocycles. The van der Waals surface area contributed by atoms with E-state index in [4.69, 9.17) is 5.11 Å². The lowest BCUT2D eigenvalue weighted by molar-refractivity contribution is -0.132. The second kappa shape index (κ2) is 3.07. The Balaban J connectivity index is 4.47. The number of carboxylic acids is 1. The summed E-state index contributed by atoms with van der Waals surface area (Å²) in [6.07, 6.45) is 1.53. The third kappa shape index (κ3) is 2.13. The van der Waals surface area contributed by atoms with Crippen LogP contribution in [0.25, 0.3) is 0 Å². The molecule has 0 aromatic carbocycles. The highest BCUT2D eigenvalue weighted by Crippen LogP contribution is 2.02. The Morgan fingerprint density at radius 1 is 1.56 bits per heavy atom. The fourth-order valence-corrected chi connectivity index (χ4v) is 0.322. The van der Waals surface area contributed by atoms with E-state index in [1.165, 1.54) is 6.08 Å². The first-order valence-electron chi connectivity index (χ1n) is 2.62. The molecule has 0 aliphatic rings. The monoisotopic (exact) mass is 126 g/mol. The topological polar surface area (TPSA) is 37.3 Å². The Kier molecular flexibility index (Phi) is 2.71. The van der Waals surface area contributed by atoms with Gasteiger partial charge in [-0.2, -0.15) is 0 Å². The fourth-order valence-electron chi connectivity index (χ4n) is 0.322. The summed E-state index contributed by atoms with van der Waals surface area (Å²) >= 11 is 0. The molecule has 0 bridgehead atoms.